The van der Waals surface area contributed by atoms with Gasteiger partial charge >= 0.3 is 0 Å². The lowest BCUT2D eigenvalue weighted by atomic mass is 9.97. The normalized spacial score (nSPS) is 29.1. The minimum Gasteiger partial charge on any atom is -0.373 e. The molecule has 0 amide bonds. The van der Waals surface area contributed by atoms with Crippen LogP contribution in [0.15, 0.2) is 15.4 Å². The lowest BCUT2D eigenvalue weighted by molar-refractivity contribution is 0.0654. The number of alkyl halides is 2. The Bertz CT molecular complexity index is 539. The first-order chi connectivity index (χ1) is 7.57. The summed E-state index contributed by atoms with van der Waals surface area (Å²) in [5, 5.41) is 0. The van der Waals surface area contributed by atoms with Crippen molar-refractivity contribution in [1.29, 1.82) is 0 Å². The fourth-order valence-electron chi connectivity index (χ4n) is 2.17. The van der Waals surface area contributed by atoms with E-state index < -0.39 is 26.6 Å². The van der Waals surface area contributed by atoms with Crippen molar-refractivity contribution in [2.75, 3.05) is 0 Å². The van der Waals surface area contributed by atoms with Crippen LogP contribution in [0, 0.1) is 17.8 Å². The molecule has 0 bridgehead atoms. The third-order valence-electron chi connectivity index (χ3n) is 3.97. The van der Waals surface area contributed by atoms with Gasteiger partial charge in [0.1, 0.15) is 10.1 Å². The van der Waals surface area contributed by atoms with Crippen LogP contribution < -0.4 is 5.56 Å². The van der Waals surface area contributed by atoms with E-state index in [1.807, 2.05) is 0 Å². The molecule has 0 radical (unpaired) electrons. The summed E-state index contributed by atoms with van der Waals surface area (Å²) in [6, 6.07) is 1.25. The standard InChI is InChI=1S/C11H13Cl2NO3/c1-6-5-7(15)14(17-6)8(16)10(4)9(2,3)11(10,12)13/h5H,1-4H3. The average Bonchev–Trinajstić information content (AvgIpc) is 2.51. The van der Waals surface area contributed by atoms with Crippen LogP contribution >= 0.6 is 23.2 Å². The summed E-state index contributed by atoms with van der Waals surface area (Å²) in [5.41, 5.74) is -2.14. The molecular weight excluding hydrogens is 265 g/mol. The lowest BCUT2D eigenvalue weighted by Gasteiger charge is -2.10. The van der Waals surface area contributed by atoms with Crippen molar-refractivity contribution in [1.82, 2.24) is 4.74 Å². The molecule has 0 N–H and O–H groups in total. The van der Waals surface area contributed by atoms with E-state index in [-0.39, 0.29) is 0 Å². The molecule has 1 aromatic rings. The van der Waals surface area contributed by atoms with Gasteiger partial charge in [-0.25, -0.2) is 0 Å². The van der Waals surface area contributed by atoms with E-state index in [1.54, 1.807) is 27.7 Å². The Morgan fingerprint density at radius 1 is 1.35 bits per heavy atom. The van der Waals surface area contributed by atoms with Gasteiger partial charge in [0, 0.05) is 11.5 Å². The summed E-state index contributed by atoms with van der Waals surface area (Å²) in [4.78, 5) is 23.8. The van der Waals surface area contributed by atoms with Gasteiger partial charge in [-0.05, 0) is 13.8 Å². The first-order valence-electron chi connectivity index (χ1n) is 5.20. The van der Waals surface area contributed by atoms with Gasteiger partial charge in [-0.15, -0.1) is 4.74 Å². The van der Waals surface area contributed by atoms with E-state index in [2.05, 4.69) is 0 Å². The van der Waals surface area contributed by atoms with Crippen LogP contribution in [0.25, 0.3) is 0 Å². The Morgan fingerprint density at radius 2 is 1.82 bits per heavy atom. The summed E-state index contributed by atoms with van der Waals surface area (Å²) >= 11 is 12.3. The minimum absolute atomic E-state index is 0.375. The van der Waals surface area contributed by atoms with E-state index in [4.69, 9.17) is 27.7 Å². The van der Waals surface area contributed by atoms with Gasteiger partial charge in [-0.3, -0.25) is 9.59 Å². The molecule has 1 atom stereocenters. The second-order valence-electron chi connectivity index (χ2n) is 5.11. The van der Waals surface area contributed by atoms with Gasteiger partial charge in [0.25, 0.3) is 11.5 Å². The zero-order valence-corrected chi connectivity index (χ0v) is 11.5. The van der Waals surface area contributed by atoms with Crippen molar-refractivity contribution in [2.24, 2.45) is 10.8 Å². The molecule has 17 heavy (non-hydrogen) atoms. The van der Waals surface area contributed by atoms with Crippen LogP contribution in [0.5, 0.6) is 0 Å². The highest BCUT2D eigenvalue weighted by atomic mass is 35.5. The molecule has 6 heteroatoms. The molecule has 2 rings (SSSR count). The van der Waals surface area contributed by atoms with Gasteiger partial charge in [0.2, 0.25) is 0 Å². The molecule has 1 aliphatic carbocycles. The number of aromatic nitrogens is 1. The molecule has 1 saturated carbocycles. The minimum atomic E-state index is -1.20. The first-order valence-corrected chi connectivity index (χ1v) is 5.95. The highest BCUT2D eigenvalue weighted by Gasteiger charge is 2.83. The third-order valence-corrected chi connectivity index (χ3v) is 5.68. The Kier molecular flexibility index (Phi) is 2.37. The SMILES string of the molecule is Cc1cc(=O)n(C(=O)C2(C)C(C)(C)C2(Cl)Cl)o1. The zero-order valence-electron chi connectivity index (χ0n) is 10.0. The van der Waals surface area contributed by atoms with Gasteiger partial charge in [0.15, 0.2) is 0 Å². The number of rotatable bonds is 1. The molecule has 1 aliphatic rings. The third kappa shape index (κ3) is 1.25. The Morgan fingerprint density at radius 3 is 2.12 bits per heavy atom. The number of hydrogen-bond donors (Lipinski definition) is 0. The quantitative estimate of drug-likeness (QED) is 0.742. The number of nitrogens with zero attached hydrogens (tertiary/aromatic N) is 1. The molecule has 1 aromatic heterocycles. The van der Waals surface area contributed by atoms with Crippen molar-refractivity contribution in [3.63, 3.8) is 0 Å². The van der Waals surface area contributed by atoms with Crippen LogP contribution in [-0.2, 0) is 0 Å². The summed E-state index contributed by atoms with van der Waals surface area (Å²) in [5.74, 6) is -0.134. The zero-order chi connectivity index (χ0) is 13.2. The van der Waals surface area contributed by atoms with Crippen molar-refractivity contribution in [3.8, 4) is 0 Å². The highest BCUT2D eigenvalue weighted by Crippen LogP contribution is 2.77. The largest absolute Gasteiger partial charge is 0.373 e. The van der Waals surface area contributed by atoms with Gasteiger partial charge in [-0.1, -0.05) is 37.0 Å². The predicted octanol–water partition coefficient (Wildman–Crippen LogP) is 2.61. The van der Waals surface area contributed by atoms with Crippen LogP contribution in [0.4, 0.5) is 0 Å². The van der Waals surface area contributed by atoms with Gasteiger partial charge < -0.3 is 4.52 Å². The number of hydrogen-bond acceptors (Lipinski definition) is 3. The maximum Gasteiger partial charge on any atom is 0.290 e. The molecule has 0 aliphatic heterocycles. The number of carbonyl (C=O) groups is 1. The first kappa shape index (κ1) is 12.7. The van der Waals surface area contributed by atoms with E-state index >= 15 is 0 Å². The number of halogens is 2. The molecule has 94 valence electrons. The van der Waals surface area contributed by atoms with Crippen LogP contribution in [0.1, 0.15) is 31.3 Å². The molecule has 0 saturated heterocycles. The monoisotopic (exact) mass is 277 g/mol. The topological polar surface area (TPSA) is 52.2 Å². The second-order valence-corrected chi connectivity index (χ2v) is 6.44. The van der Waals surface area contributed by atoms with Crippen LogP contribution in [0.2, 0.25) is 0 Å². The van der Waals surface area contributed by atoms with Gasteiger partial charge in [0.05, 0.1) is 5.41 Å². The molecule has 4 nitrogen and oxygen atoms in total. The maximum atomic E-state index is 12.3. The smallest absolute Gasteiger partial charge is 0.290 e. The fraction of sp³-hybridized carbons (Fsp3) is 0.636. The van der Waals surface area contributed by atoms with Crippen molar-refractivity contribution in [2.45, 2.75) is 32.0 Å². The molecule has 1 heterocycles. The summed E-state index contributed by atoms with van der Waals surface area (Å²) in [6.07, 6.45) is 0. The lowest BCUT2D eigenvalue weighted by Crippen LogP contribution is -2.32. The molecular formula is C11H13Cl2NO3. The van der Waals surface area contributed by atoms with E-state index in [1.165, 1.54) is 6.07 Å². The summed E-state index contributed by atoms with van der Waals surface area (Å²) in [7, 11) is 0. The number of aryl methyl sites for hydroxylation is 1. The number of carbonyl (C=O) groups excluding carboxylic acids is 1. The average molecular weight is 278 g/mol. The van der Waals surface area contributed by atoms with Crippen molar-refractivity contribution >= 4 is 29.1 Å². The Hall–Kier alpha value is -0.740. The summed E-state index contributed by atoms with van der Waals surface area (Å²) in [6.45, 7) is 6.80. The second kappa shape index (κ2) is 3.18. The van der Waals surface area contributed by atoms with Crippen molar-refractivity contribution < 1.29 is 9.32 Å². The van der Waals surface area contributed by atoms with Crippen molar-refractivity contribution in [3.05, 3.63) is 22.2 Å². The molecule has 0 aromatic carbocycles. The Balaban J connectivity index is 2.49. The van der Waals surface area contributed by atoms with E-state index in [0.717, 1.165) is 4.74 Å². The van der Waals surface area contributed by atoms with Crippen LogP contribution in [-0.4, -0.2) is 15.0 Å². The summed E-state index contributed by atoms with van der Waals surface area (Å²) < 4.78 is 4.60. The molecule has 0 spiro atoms. The van der Waals surface area contributed by atoms with Gasteiger partial charge in [-0.2, -0.15) is 0 Å². The molecule has 1 unspecified atom stereocenters. The fourth-order valence-corrected chi connectivity index (χ4v) is 3.08. The van der Waals surface area contributed by atoms with E-state index in [9.17, 15) is 9.59 Å². The maximum absolute atomic E-state index is 12.3. The van der Waals surface area contributed by atoms with Crippen LogP contribution in [0.3, 0.4) is 0 Å². The molecule has 1 fully saturated rings. The van der Waals surface area contributed by atoms with E-state index in [0.29, 0.717) is 5.76 Å². The predicted molar refractivity (Wildman–Crippen MR) is 64.7 cm³/mol. The highest BCUT2D eigenvalue weighted by molar-refractivity contribution is 6.54. The Labute approximate surface area is 108 Å².